The molecule has 10 heteroatoms. The summed E-state index contributed by atoms with van der Waals surface area (Å²) in [4.78, 5) is 34.2. The van der Waals surface area contributed by atoms with Crippen LogP contribution in [-0.2, 0) is 9.53 Å². The van der Waals surface area contributed by atoms with Gasteiger partial charge in [-0.1, -0.05) is 23.5 Å². The van der Waals surface area contributed by atoms with Gasteiger partial charge in [-0.25, -0.2) is 9.79 Å². The van der Waals surface area contributed by atoms with Crippen LogP contribution < -0.4 is 24.5 Å². The van der Waals surface area contributed by atoms with Gasteiger partial charge in [0.05, 0.1) is 40.0 Å². The van der Waals surface area contributed by atoms with Crippen molar-refractivity contribution in [1.29, 1.82) is 0 Å². The van der Waals surface area contributed by atoms with Gasteiger partial charge in [-0.2, -0.15) is 0 Å². The highest BCUT2D eigenvalue weighted by Crippen LogP contribution is 2.34. The highest BCUT2D eigenvalue weighted by molar-refractivity contribution is 9.10. The van der Waals surface area contributed by atoms with E-state index < -0.39 is 12.0 Å². The van der Waals surface area contributed by atoms with E-state index in [1.807, 2.05) is 30.3 Å². The largest absolute Gasteiger partial charge is 0.497 e. The van der Waals surface area contributed by atoms with E-state index in [1.54, 1.807) is 31.6 Å². The lowest BCUT2D eigenvalue weighted by Crippen LogP contribution is -2.39. The number of furan rings is 1. The number of fused-ring (bicyclic) bond motifs is 1. The third kappa shape index (κ3) is 4.92. The van der Waals surface area contributed by atoms with Gasteiger partial charge in [0.1, 0.15) is 11.5 Å². The quantitative estimate of drug-likeness (QED) is 0.404. The standard InChI is InChI=1S/C27H28BrN3O5S/c1-4-35-26(33)22-16(2)29-27-31(23(22)17-9-8-10-18(13-17)34-3)24(32)21(37-27)15-19-14-20(28)25(36-19)30-11-6-5-7-12-30/h8-10,13-15,23H,4-7,11-12H2,1-3H3/b21-15+/t23-/m1/s1. The third-order valence-electron chi connectivity index (χ3n) is 6.53. The Kier molecular flexibility index (Phi) is 7.39. The summed E-state index contributed by atoms with van der Waals surface area (Å²) in [5.74, 6) is 1.50. The minimum absolute atomic E-state index is 0.220. The van der Waals surface area contributed by atoms with Gasteiger partial charge in [0.15, 0.2) is 4.80 Å². The van der Waals surface area contributed by atoms with Crippen LogP contribution in [0, 0.1) is 0 Å². The lowest BCUT2D eigenvalue weighted by molar-refractivity contribution is -0.139. The molecule has 0 N–H and O–H groups in total. The molecule has 37 heavy (non-hydrogen) atoms. The van der Waals surface area contributed by atoms with Crippen molar-refractivity contribution >= 4 is 45.2 Å². The second-order valence-electron chi connectivity index (χ2n) is 8.93. The van der Waals surface area contributed by atoms with Crippen molar-refractivity contribution in [3.63, 3.8) is 0 Å². The first-order valence-corrected chi connectivity index (χ1v) is 13.9. The first-order chi connectivity index (χ1) is 17.9. The van der Waals surface area contributed by atoms with Crippen LogP contribution in [0.2, 0.25) is 0 Å². The van der Waals surface area contributed by atoms with Crippen molar-refractivity contribution < 1.29 is 18.7 Å². The number of methoxy groups -OCH3 is 1. The maximum Gasteiger partial charge on any atom is 0.338 e. The monoisotopic (exact) mass is 585 g/mol. The molecule has 8 nitrogen and oxygen atoms in total. The Labute approximate surface area is 226 Å². The Morgan fingerprint density at radius 2 is 2.05 bits per heavy atom. The zero-order chi connectivity index (χ0) is 26.1. The number of halogens is 1. The number of ether oxygens (including phenoxy) is 2. The van der Waals surface area contributed by atoms with E-state index in [9.17, 15) is 9.59 Å². The molecule has 0 saturated carbocycles. The zero-order valence-electron chi connectivity index (χ0n) is 21.0. The van der Waals surface area contributed by atoms with Crippen molar-refractivity contribution in [3.8, 4) is 5.75 Å². The molecule has 0 amide bonds. The molecule has 194 valence electrons. The van der Waals surface area contributed by atoms with E-state index in [2.05, 4.69) is 25.8 Å². The van der Waals surface area contributed by atoms with Gasteiger partial charge in [-0.05, 0) is 66.7 Å². The number of thiazole rings is 1. The highest BCUT2D eigenvalue weighted by atomic mass is 79.9. The molecule has 5 rings (SSSR count). The molecule has 1 fully saturated rings. The summed E-state index contributed by atoms with van der Waals surface area (Å²) >= 11 is 4.89. The minimum atomic E-state index is -0.695. The zero-order valence-corrected chi connectivity index (χ0v) is 23.4. The van der Waals surface area contributed by atoms with Gasteiger partial charge >= 0.3 is 5.97 Å². The maximum absolute atomic E-state index is 13.8. The summed E-state index contributed by atoms with van der Waals surface area (Å²) in [6.07, 6.45) is 5.24. The van der Waals surface area contributed by atoms with Gasteiger partial charge in [0.25, 0.3) is 5.56 Å². The lowest BCUT2D eigenvalue weighted by atomic mass is 9.95. The fourth-order valence-electron chi connectivity index (χ4n) is 4.81. The predicted octanol–water partition coefficient (Wildman–Crippen LogP) is 4.15. The number of hydrogen-bond donors (Lipinski definition) is 0. The Morgan fingerprint density at radius 3 is 2.78 bits per heavy atom. The van der Waals surface area contributed by atoms with E-state index in [0.29, 0.717) is 32.1 Å². The molecule has 1 aromatic carbocycles. The van der Waals surface area contributed by atoms with Crippen LogP contribution in [0.4, 0.5) is 5.88 Å². The number of nitrogens with zero attached hydrogens (tertiary/aromatic N) is 3. The van der Waals surface area contributed by atoms with Crippen LogP contribution in [-0.4, -0.2) is 37.3 Å². The number of piperidine rings is 1. The molecule has 4 heterocycles. The van der Waals surface area contributed by atoms with Gasteiger partial charge in [0, 0.05) is 25.2 Å². The molecule has 2 aliphatic heterocycles. The van der Waals surface area contributed by atoms with E-state index in [-0.39, 0.29) is 12.2 Å². The van der Waals surface area contributed by atoms with Crippen molar-refractivity contribution in [2.45, 2.75) is 39.2 Å². The number of carbonyl (C=O) groups excluding carboxylic acids is 1. The van der Waals surface area contributed by atoms with E-state index in [4.69, 9.17) is 13.9 Å². The Hall–Kier alpha value is -3.11. The van der Waals surface area contributed by atoms with E-state index >= 15 is 0 Å². The van der Waals surface area contributed by atoms with Crippen molar-refractivity contribution in [2.24, 2.45) is 4.99 Å². The van der Waals surface area contributed by atoms with Crippen LogP contribution in [0.15, 0.2) is 60.3 Å². The average molecular weight is 587 g/mol. The minimum Gasteiger partial charge on any atom is -0.497 e. The van der Waals surface area contributed by atoms with E-state index in [1.165, 1.54) is 17.8 Å². The predicted molar refractivity (Wildman–Crippen MR) is 146 cm³/mol. The van der Waals surface area contributed by atoms with Gasteiger partial charge in [0.2, 0.25) is 5.88 Å². The fourth-order valence-corrected chi connectivity index (χ4v) is 6.39. The molecular formula is C27H28BrN3O5S. The third-order valence-corrected chi connectivity index (χ3v) is 8.08. The average Bonchev–Trinajstić information content (AvgIpc) is 3.42. The van der Waals surface area contributed by atoms with Gasteiger partial charge < -0.3 is 18.8 Å². The van der Waals surface area contributed by atoms with Crippen LogP contribution in [0.1, 0.15) is 50.5 Å². The molecule has 2 aromatic heterocycles. The number of esters is 1. The summed E-state index contributed by atoms with van der Waals surface area (Å²) in [5, 5.41) is 0. The van der Waals surface area contributed by atoms with Gasteiger partial charge in [-0.3, -0.25) is 9.36 Å². The molecule has 0 spiro atoms. The topological polar surface area (TPSA) is 86.3 Å². The molecule has 0 unspecified atom stereocenters. The normalized spacial score (nSPS) is 18.0. The number of carbonyl (C=O) groups is 1. The molecule has 2 aliphatic rings. The van der Waals surface area contributed by atoms with Crippen molar-refractivity contribution in [3.05, 3.63) is 77.1 Å². The highest BCUT2D eigenvalue weighted by Gasteiger charge is 2.33. The van der Waals surface area contributed by atoms with Crippen molar-refractivity contribution in [1.82, 2.24) is 4.57 Å². The summed E-state index contributed by atoms with van der Waals surface area (Å²) in [6, 6.07) is 8.55. The molecule has 0 radical (unpaired) electrons. The number of rotatable bonds is 6. The second kappa shape index (κ2) is 10.7. The fraction of sp³-hybridized carbons (Fsp3) is 0.370. The first kappa shape index (κ1) is 25.5. The summed E-state index contributed by atoms with van der Waals surface area (Å²) in [6.45, 7) is 5.64. The summed E-state index contributed by atoms with van der Waals surface area (Å²) in [7, 11) is 1.58. The number of anilines is 1. The summed E-state index contributed by atoms with van der Waals surface area (Å²) in [5.41, 5.74) is 1.34. The number of allylic oxidation sites excluding steroid dienone is 1. The summed E-state index contributed by atoms with van der Waals surface area (Å²) < 4.78 is 19.8. The molecule has 0 aliphatic carbocycles. The van der Waals surface area contributed by atoms with Crippen molar-refractivity contribution in [2.75, 3.05) is 31.7 Å². The van der Waals surface area contributed by atoms with Crippen LogP contribution in [0.3, 0.4) is 0 Å². The van der Waals surface area contributed by atoms with Crippen LogP contribution >= 0.6 is 27.3 Å². The number of aromatic nitrogens is 1. The Bertz CT molecular complexity index is 1540. The first-order valence-electron chi connectivity index (χ1n) is 12.3. The molecule has 1 saturated heterocycles. The number of benzene rings is 1. The van der Waals surface area contributed by atoms with Crippen LogP contribution in [0.25, 0.3) is 6.08 Å². The second-order valence-corrected chi connectivity index (χ2v) is 10.8. The maximum atomic E-state index is 13.8. The lowest BCUT2D eigenvalue weighted by Gasteiger charge is -2.26. The smallest absolute Gasteiger partial charge is 0.338 e. The Morgan fingerprint density at radius 1 is 1.27 bits per heavy atom. The number of hydrogen-bond acceptors (Lipinski definition) is 8. The van der Waals surface area contributed by atoms with Gasteiger partial charge in [-0.15, -0.1) is 0 Å². The SMILES string of the molecule is CCOC(=O)C1=C(C)N=c2s/c(=C/c3cc(Br)c(N4CCCCC4)o3)c(=O)n2[C@@H]1c1cccc(OC)c1. The van der Waals surface area contributed by atoms with Crippen LogP contribution in [0.5, 0.6) is 5.75 Å². The molecule has 3 aromatic rings. The van der Waals surface area contributed by atoms with E-state index in [0.717, 1.165) is 41.9 Å². The molecular weight excluding hydrogens is 558 g/mol. The molecule has 1 atom stereocenters. The Balaban J connectivity index is 1.64. The molecule has 0 bridgehead atoms.